The first kappa shape index (κ1) is 36.2. The molecule has 46 heavy (non-hydrogen) atoms. The topological polar surface area (TPSA) is 344 Å². The van der Waals surface area contributed by atoms with Crippen molar-refractivity contribution < 1.29 is 90.4 Å². The summed E-state index contributed by atoms with van der Waals surface area (Å²) >= 11 is 0. The standard InChI is InChI=1S/C21H27N7O15P2.Li/c22-16(33)8-2-1-3-27(4-8)19-14(31)12(29)9(41-19)5-39-44(35,36)43-45(37,38)40-6-10-13(30)15(32)20(42-10)28-7-24-11-17(28)25-21(23)26-18(11)34;/h1-4,7,9-10,12-15,19-20,29-32H,5-6H2,(H6-,22,23,25,26,33,34,35,36,37,38);/q;+1/p-1. The van der Waals surface area contributed by atoms with E-state index in [9.17, 15) is 48.9 Å². The number of aromatic amines is 1. The Labute approximate surface area is 268 Å². The molecule has 2 fully saturated rings. The Morgan fingerprint density at radius 3 is 2.30 bits per heavy atom. The second-order valence-electron chi connectivity index (χ2n) is 9.84. The summed E-state index contributed by atoms with van der Waals surface area (Å²) in [5.41, 5.74) is 9.81. The molecule has 10 unspecified atom stereocenters. The molecule has 1 amide bonds. The maximum absolute atomic E-state index is 12.3. The second kappa shape index (κ2) is 13.9. The molecule has 22 nitrogen and oxygen atoms in total. The number of rotatable bonds is 11. The number of phosphoric ester groups is 2. The average Bonchev–Trinajstić information content (AvgIpc) is 3.60. The quantitative estimate of drug-likeness (QED) is 0.0559. The molecule has 3 aromatic rings. The van der Waals surface area contributed by atoms with Crippen LogP contribution in [0.1, 0.15) is 22.8 Å². The van der Waals surface area contributed by atoms with E-state index in [-0.39, 0.29) is 41.5 Å². The first-order chi connectivity index (χ1) is 21.1. The monoisotopic (exact) mass is 685 g/mol. The molecule has 0 spiro atoms. The molecule has 3 aromatic heterocycles. The molecule has 0 aliphatic carbocycles. The molecule has 0 radical (unpaired) electrons. The zero-order valence-electron chi connectivity index (χ0n) is 23.5. The van der Waals surface area contributed by atoms with E-state index in [1.807, 2.05) is 0 Å². The summed E-state index contributed by atoms with van der Waals surface area (Å²) in [6.07, 6.45) is -8.99. The van der Waals surface area contributed by atoms with Crippen LogP contribution in [-0.2, 0) is 32.0 Å². The van der Waals surface area contributed by atoms with Crippen LogP contribution in [0, 0.1) is 0 Å². The Balaban J connectivity index is 0.00000480. The van der Waals surface area contributed by atoms with Gasteiger partial charge in [-0.15, -0.1) is 0 Å². The summed E-state index contributed by atoms with van der Waals surface area (Å²) in [7, 11) is -11.4. The van der Waals surface area contributed by atoms with Gasteiger partial charge in [0.15, 0.2) is 35.9 Å². The van der Waals surface area contributed by atoms with Crippen molar-refractivity contribution in [1.82, 2.24) is 19.5 Å². The minimum absolute atomic E-state index is 0. The summed E-state index contributed by atoms with van der Waals surface area (Å²) in [5, 5.41) is 41.5. The van der Waals surface area contributed by atoms with Crippen LogP contribution in [0.15, 0.2) is 35.6 Å². The predicted molar refractivity (Wildman–Crippen MR) is 138 cm³/mol. The number of imidazole rings is 1. The number of aliphatic hydroxyl groups excluding tert-OH is 4. The minimum atomic E-state index is -5.73. The number of nitrogens with zero attached hydrogens (tertiary/aromatic N) is 4. The number of nitrogens with two attached hydrogens (primary N) is 2. The first-order valence-electron chi connectivity index (χ1n) is 12.8. The van der Waals surface area contributed by atoms with Crippen LogP contribution in [0.3, 0.4) is 0 Å². The van der Waals surface area contributed by atoms with Gasteiger partial charge in [-0.2, -0.15) is 9.55 Å². The van der Waals surface area contributed by atoms with Crippen LogP contribution in [0.2, 0.25) is 0 Å². The number of primary amides is 1. The van der Waals surface area contributed by atoms with Crippen molar-refractivity contribution >= 4 is 38.7 Å². The molecular weight excluding hydrogens is 659 g/mol. The molecule has 2 saturated heterocycles. The van der Waals surface area contributed by atoms with Gasteiger partial charge in [-0.25, -0.2) is 9.29 Å². The van der Waals surface area contributed by atoms with Crippen LogP contribution >= 0.6 is 15.6 Å². The number of nitrogens with one attached hydrogen (secondary N) is 1. The van der Waals surface area contributed by atoms with Gasteiger partial charge in [-0.05, 0) is 6.07 Å². The number of hydrogen-bond donors (Lipinski definition) is 7. The Hall–Kier alpha value is -2.61. The van der Waals surface area contributed by atoms with Crippen molar-refractivity contribution in [3.8, 4) is 0 Å². The molecule has 2 aliphatic rings. The van der Waals surface area contributed by atoms with E-state index in [4.69, 9.17) is 20.9 Å². The summed E-state index contributed by atoms with van der Waals surface area (Å²) in [6, 6.07) is 2.79. The zero-order valence-corrected chi connectivity index (χ0v) is 25.3. The van der Waals surface area contributed by atoms with Crippen LogP contribution in [0.4, 0.5) is 5.95 Å². The third kappa shape index (κ3) is 7.58. The van der Waals surface area contributed by atoms with Gasteiger partial charge in [-0.3, -0.25) is 28.3 Å². The maximum Gasteiger partial charge on any atom is 1.00 e. The van der Waals surface area contributed by atoms with Crippen molar-refractivity contribution in [2.24, 2.45) is 5.73 Å². The molecule has 25 heteroatoms. The van der Waals surface area contributed by atoms with Gasteiger partial charge >= 0.3 is 18.9 Å². The largest absolute Gasteiger partial charge is 1.00 e. The number of amides is 1. The molecule has 2 aliphatic heterocycles. The summed E-state index contributed by atoms with van der Waals surface area (Å²) in [4.78, 5) is 58.0. The number of aliphatic hydroxyl groups is 4. The molecule has 5 heterocycles. The zero-order chi connectivity index (χ0) is 32.8. The van der Waals surface area contributed by atoms with Crippen molar-refractivity contribution in [3.05, 3.63) is 46.8 Å². The third-order valence-corrected chi connectivity index (χ3v) is 9.32. The number of H-pyrrole nitrogens is 1. The predicted octanol–water partition coefficient (Wildman–Crippen LogP) is -7.98. The summed E-state index contributed by atoms with van der Waals surface area (Å²) in [6.45, 7) is -2.05. The number of carbonyl (C=O) groups excluding carboxylic acids is 1. The van der Waals surface area contributed by atoms with E-state index in [1.165, 1.54) is 29.1 Å². The fourth-order valence-electron chi connectivity index (χ4n) is 4.64. The smallest absolute Gasteiger partial charge is 0.756 e. The van der Waals surface area contributed by atoms with Crippen molar-refractivity contribution in [1.29, 1.82) is 0 Å². The van der Waals surface area contributed by atoms with Crippen LogP contribution < -0.4 is 50.2 Å². The normalized spacial score (nSPS) is 30.5. The van der Waals surface area contributed by atoms with Crippen molar-refractivity contribution in [3.63, 3.8) is 0 Å². The van der Waals surface area contributed by atoms with E-state index >= 15 is 0 Å². The Morgan fingerprint density at radius 1 is 1.07 bits per heavy atom. The first-order valence-corrected chi connectivity index (χ1v) is 15.7. The number of phosphoric acid groups is 2. The summed E-state index contributed by atoms with van der Waals surface area (Å²) in [5.74, 6) is -1.07. The number of carbonyl (C=O) groups is 1. The van der Waals surface area contributed by atoms with E-state index in [2.05, 4.69) is 28.3 Å². The Kier molecular flexibility index (Phi) is 10.9. The number of hydrogen-bond acceptors (Lipinski definition) is 18. The average molecular weight is 685 g/mol. The molecule has 9 N–H and O–H groups in total. The Morgan fingerprint density at radius 2 is 1.67 bits per heavy atom. The number of aromatic nitrogens is 5. The molecule has 246 valence electrons. The van der Waals surface area contributed by atoms with Gasteiger partial charge in [0.2, 0.25) is 5.95 Å². The Bertz CT molecular complexity index is 1740. The fraction of sp³-hybridized carbons (Fsp3) is 0.476. The second-order valence-corrected chi connectivity index (χ2v) is 12.8. The van der Waals surface area contributed by atoms with Gasteiger partial charge in [0.05, 0.1) is 19.5 Å². The molecule has 0 bridgehead atoms. The molecule has 0 aromatic carbocycles. The molecule has 10 atom stereocenters. The van der Waals surface area contributed by atoms with Crippen molar-refractivity contribution in [2.75, 3.05) is 18.9 Å². The van der Waals surface area contributed by atoms with E-state index in [0.29, 0.717) is 0 Å². The number of nitrogen functional groups attached to an aromatic ring is 1. The van der Waals surface area contributed by atoms with Crippen LogP contribution in [0.25, 0.3) is 11.2 Å². The number of anilines is 1. The van der Waals surface area contributed by atoms with Gasteiger partial charge in [0.1, 0.15) is 36.1 Å². The van der Waals surface area contributed by atoms with Gasteiger partial charge < -0.3 is 60.2 Å². The number of ether oxygens (including phenoxy) is 2. The van der Waals surface area contributed by atoms with Crippen LogP contribution in [0.5, 0.6) is 0 Å². The molecule has 0 saturated carbocycles. The number of fused-ring (bicyclic) bond motifs is 1. The SMILES string of the molecule is NC(=O)c1ccc[n+](C2OC(COP(=O)([O-])OP(=O)([O-])OCC3OC(n4cnc5c(=O)[nH]c(N)nc54)C(O)C3O)C(O)C2O)c1.[Li+]. The fourth-order valence-corrected chi connectivity index (χ4v) is 6.65. The van der Waals surface area contributed by atoms with Crippen molar-refractivity contribution in [2.45, 2.75) is 49.1 Å². The maximum atomic E-state index is 12.3. The summed E-state index contributed by atoms with van der Waals surface area (Å²) < 4.78 is 50.8. The van der Waals surface area contributed by atoms with E-state index < -0.39 is 89.4 Å². The van der Waals surface area contributed by atoms with E-state index in [0.717, 1.165) is 10.9 Å². The third-order valence-electron chi connectivity index (χ3n) is 6.79. The molecular formula is C21H26LiN7O15P2. The van der Waals surface area contributed by atoms with Gasteiger partial charge in [0.25, 0.3) is 33.3 Å². The number of pyridine rings is 1. The minimum Gasteiger partial charge on any atom is -0.756 e. The van der Waals surface area contributed by atoms with Gasteiger partial charge in [-0.1, -0.05) is 0 Å². The van der Waals surface area contributed by atoms with E-state index in [1.54, 1.807) is 0 Å². The van der Waals surface area contributed by atoms with Gasteiger partial charge in [0, 0.05) is 6.07 Å². The molecule has 5 rings (SSSR count). The van der Waals surface area contributed by atoms with Crippen LogP contribution in [-0.4, -0.2) is 95.7 Å².